The largest absolute Gasteiger partial charge is 0.494 e. The minimum absolute atomic E-state index is 0.631. The van der Waals surface area contributed by atoms with Crippen molar-refractivity contribution < 1.29 is 9.47 Å². The minimum Gasteiger partial charge on any atom is -0.494 e. The van der Waals surface area contributed by atoms with Crippen molar-refractivity contribution in [1.29, 1.82) is 0 Å². The van der Waals surface area contributed by atoms with Gasteiger partial charge in [0.25, 0.3) is 0 Å². The van der Waals surface area contributed by atoms with Gasteiger partial charge in [-0.1, -0.05) is 18.9 Å². The van der Waals surface area contributed by atoms with E-state index in [0.717, 1.165) is 37.6 Å². The molecule has 0 saturated heterocycles. The predicted octanol–water partition coefficient (Wildman–Crippen LogP) is 3.70. The fourth-order valence-corrected chi connectivity index (χ4v) is 2.81. The van der Waals surface area contributed by atoms with Crippen molar-refractivity contribution in [3.8, 4) is 5.75 Å². The second kappa shape index (κ2) is 14.4. The highest BCUT2D eigenvalue weighted by Gasteiger charge is 2.06. The van der Waals surface area contributed by atoms with Crippen LogP contribution in [0.5, 0.6) is 5.75 Å². The maximum Gasteiger partial charge on any atom is 0.173 e. The number of benzene rings is 1. The number of likely N-dealkylation sites (N-methyl/N-ethyl adjacent to an activating group) is 1. The summed E-state index contributed by atoms with van der Waals surface area (Å²) in [5.74, 6) is 0.899. The van der Waals surface area contributed by atoms with Crippen LogP contribution in [0, 0.1) is 0 Å². The third-order valence-electron chi connectivity index (χ3n) is 4.25. The number of nitrogens with one attached hydrogen (secondary N) is 1. The zero-order valence-corrected chi connectivity index (χ0v) is 17.9. The van der Waals surface area contributed by atoms with Gasteiger partial charge in [0.1, 0.15) is 5.75 Å². The lowest BCUT2D eigenvalue weighted by Gasteiger charge is -2.21. The Balaban J connectivity index is 2.20. The molecule has 0 saturated carbocycles. The average Bonchev–Trinajstić information content (AvgIpc) is 2.67. The summed E-state index contributed by atoms with van der Waals surface area (Å²) < 4.78 is 10.9. The molecule has 0 aliphatic heterocycles. The van der Waals surface area contributed by atoms with Gasteiger partial charge in [0.05, 0.1) is 13.2 Å². The van der Waals surface area contributed by atoms with Crippen molar-refractivity contribution in [2.45, 2.75) is 25.7 Å². The van der Waals surface area contributed by atoms with Crippen LogP contribution in [0.25, 0.3) is 0 Å². The molecular formula is C21H35N3O2S. The van der Waals surface area contributed by atoms with Gasteiger partial charge in [-0.3, -0.25) is 0 Å². The first-order valence-electron chi connectivity index (χ1n) is 9.61. The Morgan fingerprint density at radius 1 is 1.11 bits per heavy atom. The van der Waals surface area contributed by atoms with Crippen molar-refractivity contribution in [2.75, 3.05) is 59.0 Å². The van der Waals surface area contributed by atoms with Crippen LogP contribution in [0.2, 0.25) is 0 Å². The van der Waals surface area contributed by atoms with Gasteiger partial charge in [0.2, 0.25) is 0 Å². The molecule has 6 heteroatoms. The average molecular weight is 394 g/mol. The Labute approximate surface area is 170 Å². The number of unbranched alkanes of at least 4 members (excludes halogenated alkanes) is 3. The molecule has 152 valence electrons. The molecule has 1 aromatic carbocycles. The van der Waals surface area contributed by atoms with E-state index >= 15 is 0 Å². The third-order valence-corrected chi connectivity index (χ3v) is 4.67. The molecule has 27 heavy (non-hydrogen) atoms. The van der Waals surface area contributed by atoms with Gasteiger partial charge in [-0.25, -0.2) is 0 Å². The molecule has 1 aromatic rings. The highest BCUT2D eigenvalue weighted by atomic mass is 32.1. The SMILES string of the molecule is C=CCN(C)CCCCCCOc1ccc(N(C)C(=S)NCCOC)cc1. The Kier molecular flexibility index (Phi) is 12.5. The Bertz CT molecular complexity index is 537. The highest BCUT2D eigenvalue weighted by molar-refractivity contribution is 7.80. The summed E-state index contributed by atoms with van der Waals surface area (Å²) in [5, 5.41) is 3.84. The van der Waals surface area contributed by atoms with E-state index in [2.05, 4.69) is 23.8 Å². The third kappa shape index (κ3) is 10.3. The van der Waals surface area contributed by atoms with Crippen LogP contribution >= 0.6 is 12.2 Å². The normalized spacial score (nSPS) is 10.7. The van der Waals surface area contributed by atoms with Gasteiger partial charge in [-0.05, 0) is 62.9 Å². The van der Waals surface area contributed by atoms with E-state index in [0.29, 0.717) is 18.3 Å². The summed E-state index contributed by atoms with van der Waals surface area (Å²) in [6, 6.07) is 8.03. The first-order chi connectivity index (χ1) is 13.1. The van der Waals surface area contributed by atoms with Crippen LogP contribution in [0.4, 0.5) is 5.69 Å². The van der Waals surface area contributed by atoms with Crippen molar-refractivity contribution in [3.63, 3.8) is 0 Å². The van der Waals surface area contributed by atoms with Crippen molar-refractivity contribution in [1.82, 2.24) is 10.2 Å². The Hall–Kier alpha value is -1.63. The first-order valence-corrected chi connectivity index (χ1v) is 10.0. The lowest BCUT2D eigenvalue weighted by molar-refractivity contribution is 0.204. The van der Waals surface area contributed by atoms with Gasteiger partial charge >= 0.3 is 0 Å². The van der Waals surface area contributed by atoms with Gasteiger partial charge < -0.3 is 24.6 Å². The van der Waals surface area contributed by atoms with E-state index in [9.17, 15) is 0 Å². The second-order valence-electron chi connectivity index (χ2n) is 6.59. The minimum atomic E-state index is 0.631. The van der Waals surface area contributed by atoms with Gasteiger partial charge in [-0.2, -0.15) is 0 Å². The molecule has 0 radical (unpaired) electrons. The summed E-state index contributed by atoms with van der Waals surface area (Å²) in [7, 11) is 5.76. The van der Waals surface area contributed by atoms with E-state index < -0.39 is 0 Å². The molecule has 0 spiro atoms. The summed E-state index contributed by atoms with van der Waals surface area (Å²) >= 11 is 5.38. The topological polar surface area (TPSA) is 37.0 Å². The quantitative estimate of drug-likeness (QED) is 0.295. The molecule has 0 aliphatic carbocycles. The van der Waals surface area contributed by atoms with Crippen LogP contribution in [-0.4, -0.2) is 64.1 Å². The van der Waals surface area contributed by atoms with Crippen molar-refractivity contribution in [3.05, 3.63) is 36.9 Å². The van der Waals surface area contributed by atoms with Gasteiger partial charge in [0.15, 0.2) is 5.11 Å². The van der Waals surface area contributed by atoms with Crippen LogP contribution < -0.4 is 15.0 Å². The zero-order chi connectivity index (χ0) is 19.9. The molecular weight excluding hydrogens is 358 g/mol. The lowest BCUT2D eigenvalue weighted by Crippen LogP contribution is -2.38. The fraction of sp³-hybridized carbons (Fsp3) is 0.571. The van der Waals surface area contributed by atoms with Crippen molar-refractivity contribution in [2.24, 2.45) is 0 Å². The van der Waals surface area contributed by atoms with Crippen LogP contribution in [-0.2, 0) is 4.74 Å². The molecule has 0 fully saturated rings. The van der Waals surface area contributed by atoms with E-state index in [1.54, 1.807) is 7.11 Å². The van der Waals surface area contributed by atoms with E-state index in [1.807, 2.05) is 42.3 Å². The number of thiocarbonyl (C=S) groups is 1. The number of rotatable bonds is 14. The fourth-order valence-electron chi connectivity index (χ4n) is 2.60. The summed E-state index contributed by atoms with van der Waals surface area (Å²) in [6.45, 7) is 7.94. The standard InChI is InChI=1S/C21H35N3O2S/c1-5-15-23(2)16-8-6-7-9-17-26-20-12-10-19(11-13-20)24(3)21(27)22-14-18-25-4/h5,10-13H,1,6-9,14-18H2,2-4H3,(H,22,27). The molecule has 0 heterocycles. The zero-order valence-electron chi connectivity index (χ0n) is 17.1. The van der Waals surface area contributed by atoms with Crippen LogP contribution in [0.15, 0.2) is 36.9 Å². The molecule has 0 aliphatic rings. The second-order valence-corrected chi connectivity index (χ2v) is 6.98. The molecule has 1 rings (SSSR count). The molecule has 0 aromatic heterocycles. The molecule has 0 bridgehead atoms. The van der Waals surface area contributed by atoms with E-state index in [1.165, 1.54) is 19.3 Å². The number of anilines is 1. The predicted molar refractivity (Wildman–Crippen MR) is 119 cm³/mol. The smallest absolute Gasteiger partial charge is 0.173 e. The summed E-state index contributed by atoms with van der Waals surface area (Å²) in [6.07, 6.45) is 6.69. The van der Waals surface area contributed by atoms with E-state index in [4.69, 9.17) is 21.7 Å². The number of nitrogens with zero attached hydrogens (tertiary/aromatic N) is 2. The van der Waals surface area contributed by atoms with Crippen molar-refractivity contribution >= 4 is 23.0 Å². The summed E-state index contributed by atoms with van der Waals surface area (Å²) in [5.41, 5.74) is 1.03. The maximum absolute atomic E-state index is 5.84. The Morgan fingerprint density at radius 2 is 1.81 bits per heavy atom. The van der Waals surface area contributed by atoms with Gasteiger partial charge in [-0.15, -0.1) is 6.58 Å². The van der Waals surface area contributed by atoms with Crippen LogP contribution in [0.1, 0.15) is 25.7 Å². The number of hydrogen-bond donors (Lipinski definition) is 1. The van der Waals surface area contributed by atoms with Gasteiger partial charge in [0, 0.05) is 32.9 Å². The number of hydrogen-bond acceptors (Lipinski definition) is 4. The lowest BCUT2D eigenvalue weighted by atomic mass is 10.2. The number of methoxy groups -OCH3 is 1. The summed E-state index contributed by atoms with van der Waals surface area (Å²) in [4.78, 5) is 4.24. The van der Waals surface area contributed by atoms with E-state index in [-0.39, 0.29) is 0 Å². The molecule has 0 unspecified atom stereocenters. The molecule has 0 atom stereocenters. The molecule has 1 N–H and O–H groups in total. The number of ether oxygens (including phenoxy) is 2. The highest BCUT2D eigenvalue weighted by Crippen LogP contribution is 2.19. The molecule has 5 nitrogen and oxygen atoms in total. The Morgan fingerprint density at radius 3 is 2.48 bits per heavy atom. The van der Waals surface area contributed by atoms with Crippen LogP contribution in [0.3, 0.4) is 0 Å². The monoisotopic (exact) mass is 393 g/mol. The first kappa shape index (κ1) is 23.4. The molecule has 0 amide bonds. The maximum atomic E-state index is 5.84.